The van der Waals surface area contributed by atoms with Crippen molar-refractivity contribution in [1.29, 1.82) is 0 Å². The van der Waals surface area contributed by atoms with Crippen molar-refractivity contribution in [3.05, 3.63) is 23.1 Å². The summed E-state index contributed by atoms with van der Waals surface area (Å²) in [4.78, 5) is 0.210. The molecule has 0 radical (unpaired) electrons. The molecule has 80 valence electrons. The Morgan fingerprint density at radius 3 is 2.00 bits per heavy atom. The zero-order valence-corrected chi connectivity index (χ0v) is 9.85. The number of rotatable bonds is 1. The normalized spacial score (nSPS) is 24.5. The molecule has 4 heteroatoms. The minimum atomic E-state index is -3.57. The highest BCUT2D eigenvalue weighted by molar-refractivity contribution is 7.93. The summed E-state index contributed by atoms with van der Waals surface area (Å²) in [7, 11) is -3.57. The number of nitrogens with two attached hydrogens (primary N) is 1. The molecule has 0 saturated heterocycles. The Bertz CT molecular complexity index is 400. The first-order valence-corrected chi connectivity index (χ1v) is 6.06. The molecule has 3 nitrogen and oxygen atoms in total. The van der Waals surface area contributed by atoms with Crippen LogP contribution in [0.2, 0.25) is 0 Å². The molecule has 14 heavy (non-hydrogen) atoms. The van der Waals surface area contributed by atoms with Gasteiger partial charge in [-0.2, -0.15) is 0 Å². The molecule has 0 heterocycles. The molecule has 0 aromatic rings. The molecule has 0 amide bonds. The molecule has 0 saturated carbocycles. The third kappa shape index (κ3) is 1.91. The molecule has 1 rings (SSSR count). The Labute approximate surface area is 85.7 Å². The third-order valence-electron chi connectivity index (χ3n) is 3.16. The lowest BCUT2D eigenvalue weighted by atomic mass is 9.66. The number of allylic oxidation sites excluding steroid dienone is 3. The highest BCUT2D eigenvalue weighted by atomic mass is 32.2. The zero-order chi connectivity index (χ0) is 11.2. The fourth-order valence-electron chi connectivity index (χ4n) is 1.27. The second-order valence-corrected chi connectivity index (χ2v) is 6.43. The van der Waals surface area contributed by atoms with Crippen molar-refractivity contribution >= 4 is 10.0 Å². The van der Waals surface area contributed by atoms with Gasteiger partial charge in [0.1, 0.15) is 0 Å². The van der Waals surface area contributed by atoms with E-state index in [4.69, 9.17) is 5.14 Å². The zero-order valence-electron chi connectivity index (χ0n) is 9.03. The third-order valence-corrected chi connectivity index (χ3v) is 4.07. The van der Waals surface area contributed by atoms with Crippen LogP contribution in [0.25, 0.3) is 0 Å². The lowest BCUT2D eigenvalue weighted by molar-refractivity contribution is 0.228. The molecule has 0 spiro atoms. The Morgan fingerprint density at radius 2 is 1.64 bits per heavy atom. The van der Waals surface area contributed by atoms with Gasteiger partial charge in [0.05, 0.1) is 4.91 Å². The van der Waals surface area contributed by atoms with Crippen LogP contribution in [0.1, 0.15) is 27.7 Å². The van der Waals surface area contributed by atoms with E-state index in [9.17, 15) is 8.42 Å². The van der Waals surface area contributed by atoms with Crippen molar-refractivity contribution in [2.24, 2.45) is 16.0 Å². The molecule has 2 N–H and O–H groups in total. The summed E-state index contributed by atoms with van der Waals surface area (Å²) in [5.74, 6) is 0. The topological polar surface area (TPSA) is 60.2 Å². The summed E-state index contributed by atoms with van der Waals surface area (Å²) >= 11 is 0. The van der Waals surface area contributed by atoms with Crippen molar-refractivity contribution in [2.45, 2.75) is 27.7 Å². The van der Waals surface area contributed by atoms with Gasteiger partial charge in [0.15, 0.2) is 0 Å². The maximum atomic E-state index is 11.1. The first kappa shape index (κ1) is 11.5. The first-order valence-electron chi connectivity index (χ1n) is 4.51. The van der Waals surface area contributed by atoms with Crippen molar-refractivity contribution in [2.75, 3.05) is 0 Å². The molecule has 0 aliphatic heterocycles. The second kappa shape index (κ2) is 2.94. The fourth-order valence-corrected chi connectivity index (χ4v) is 1.99. The van der Waals surface area contributed by atoms with Gasteiger partial charge in [0, 0.05) is 0 Å². The maximum Gasteiger partial charge on any atom is 0.237 e. The quantitative estimate of drug-likeness (QED) is 0.724. The number of hydrogen-bond donors (Lipinski definition) is 1. The van der Waals surface area contributed by atoms with E-state index in [0.29, 0.717) is 0 Å². The lowest BCUT2D eigenvalue weighted by Gasteiger charge is -2.39. The standard InChI is InChI=1S/C10H17NO2S/c1-9(2)6-5-8(14(11,12)13)7-10(9,3)4/h5-7H,1-4H3,(H2,11,12,13). The molecule has 0 unspecified atom stereocenters. The van der Waals surface area contributed by atoms with Gasteiger partial charge in [0.25, 0.3) is 0 Å². The molecule has 1 aliphatic rings. The Morgan fingerprint density at radius 1 is 1.14 bits per heavy atom. The summed E-state index contributed by atoms with van der Waals surface area (Å²) in [6, 6.07) is 0. The predicted molar refractivity (Wildman–Crippen MR) is 57.9 cm³/mol. The van der Waals surface area contributed by atoms with Crippen molar-refractivity contribution < 1.29 is 8.42 Å². The van der Waals surface area contributed by atoms with Crippen LogP contribution in [0.3, 0.4) is 0 Å². The number of hydrogen-bond acceptors (Lipinski definition) is 2. The average Bonchev–Trinajstić information content (AvgIpc) is 1.92. The molecule has 0 bridgehead atoms. The van der Waals surface area contributed by atoms with Crippen LogP contribution < -0.4 is 5.14 Å². The van der Waals surface area contributed by atoms with Crippen LogP contribution in [0.5, 0.6) is 0 Å². The molecule has 1 aliphatic carbocycles. The van der Waals surface area contributed by atoms with Gasteiger partial charge in [-0.3, -0.25) is 0 Å². The van der Waals surface area contributed by atoms with E-state index < -0.39 is 10.0 Å². The number of sulfonamides is 1. The Hall–Kier alpha value is -0.610. The van der Waals surface area contributed by atoms with E-state index >= 15 is 0 Å². The molecule has 0 atom stereocenters. The highest BCUT2D eigenvalue weighted by Gasteiger charge is 2.36. The Balaban J connectivity index is 3.24. The summed E-state index contributed by atoms with van der Waals surface area (Å²) in [5.41, 5.74) is -0.259. The van der Waals surface area contributed by atoms with Gasteiger partial charge < -0.3 is 0 Å². The predicted octanol–water partition coefficient (Wildman–Crippen LogP) is 1.78. The summed E-state index contributed by atoms with van der Waals surface area (Å²) < 4.78 is 22.3. The summed E-state index contributed by atoms with van der Waals surface area (Å²) in [6.45, 7) is 8.14. The Kier molecular flexibility index (Phi) is 2.41. The molecule has 0 aromatic carbocycles. The van der Waals surface area contributed by atoms with Crippen LogP contribution in [0.4, 0.5) is 0 Å². The SMILES string of the molecule is CC1(C)C=CC(S(N)(=O)=O)=CC1(C)C. The number of primary sulfonamides is 1. The average molecular weight is 215 g/mol. The van der Waals surface area contributed by atoms with Crippen LogP contribution in [0, 0.1) is 10.8 Å². The van der Waals surface area contributed by atoms with Gasteiger partial charge in [0.2, 0.25) is 10.0 Å². The van der Waals surface area contributed by atoms with E-state index in [0.717, 1.165) is 0 Å². The van der Waals surface area contributed by atoms with Gasteiger partial charge in [-0.1, -0.05) is 39.8 Å². The maximum absolute atomic E-state index is 11.1. The largest absolute Gasteiger partial charge is 0.237 e. The lowest BCUT2D eigenvalue weighted by Crippen LogP contribution is -2.32. The fraction of sp³-hybridized carbons (Fsp3) is 0.600. The summed E-state index contributed by atoms with van der Waals surface area (Å²) in [5, 5.41) is 5.07. The summed E-state index contributed by atoms with van der Waals surface area (Å²) in [6.07, 6.45) is 5.20. The smallest absolute Gasteiger partial charge is 0.225 e. The molecule has 0 aromatic heterocycles. The van der Waals surface area contributed by atoms with Crippen LogP contribution in [-0.4, -0.2) is 8.42 Å². The second-order valence-electron chi connectivity index (χ2n) is 4.87. The first-order chi connectivity index (χ1) is 6.06. The van der Waals surface area contributed by atoms with E-state index in [1.54, 1.807) is 12.2 Å². The van der Waals surface area contributed by atoms with E-state index in [1.807, 2.05) is 19.9 Å². The van der Waals surface area contributed by atoms with E-state index in [-0.39, 0.29) is 15.7 Å². The highest BCUT2D eigenvalue weighted by Crippen LogP contribution is 2.44. The van der Waals surface area contributed by atoms with Crippen molar-refractivity contribution in [3.63, 3.8) is 0 Å². The minimum Gasteiger partial charge on any atom is -0.225 e. The van der Waals surface area contributed by atoms with Crippen molar-refractivity contribution in [3.8, 4) is 0 Å². The monoisotopic (exact) mass is 215 g/mol. The van der Waals surface area contributed by atoms with Crippen LogP contribution in [-0.2, 0) is 10.0 Å². The van der Waals surface area contributed by atoms with E-state index in [1.165, 1.54) is 0 Å². The van der Waals surface area contributed by atoms with Crippen LogP contribution in [0.15, 0.2) is 23.1 Å². The molecular formula is C10H17NO2S. The van der Waals surface area contributed by atoms with Gasteiger partial charge in [-0.15, -0.1) is 0 Å². The van der Waals surface area contributed by atoms with Gasteiger partial charge >= 0.3 is 0 Å². The van der Waals surface area contributed by atoms with Crippen molar-refractivity contribution in [1.82, 2.24) is 0 Å². The molecular weight excluding hydrogens is 198 g/mol. The van der Waals surface area contributed by atoms with Gasteiger partial charge in [-0.05, 0) is 16.9 Å². The molecule has 0 fully saturated rings. The minimum absolute atomic E-state index is 0.0544. The van der Waals surface area contributed by atoms with Gasteiger partial charge in [-0.25, -0.2) is 13.6 Å². The van der Waals surface area contributed by atoms with Crippen LogP contribution >= 0.6 is 0 Å². The van der Waals surface area contributed by atoms with E-state index in [2.05, 4.69) is 13.8 Å².